The second-order valence-electron chi connectivity index (χ2n) is 8.29. The summed E-state index contributed by atoms with van der Waals surface area (Å²) in [5, 5.41) is 11.7. The molecule has 0 saturated heterocycles. The van der Waals surface area contributed by atoms with E-state index in [1.54, 1.807) is 18.2 Å². The van der Waals surface area contributed by atoms with Crippen molar-refractivity contribution in [3.05, 3.63) is 107 Å². The molecule has 1 aromatic heterocycles. The first-order valence-electron chi connectivity index (χ1n) is 10.9. The Kier molecular flexibility index (Phi) is 5.21. The quantitative estimate of drug-likeness (QED) is 0.384. The molecule has 3 aromatic carbocycles. The van der Waals surface area contributed by atoms with E-state index in [2.05, 4.69) is 0 Å². The van der Waals surface area contributed by atoms with Crippen LogP contribution in [0.2, 0.25) is 0 Å². The Hall–Kier alpha value is -4.32. The molecule has 1 unspecified atom stereocenters. The number of ketones is 1. The number of furan rings is 1. The molecular formula is C28H23NO5. The predicted octanol–water partition coefficient (Wildman–Crippen LogP) is 5.84. The number of ether oxygens (including phenoxy) is 1. The molecule has 4 aromatic rings. The number of aliphatic hydroxyl groups is 1. The van der Waals surface area contributed by atoms with E-state index in [1.807, 2.05) is 68.4 Å². The van der Waals surface area contributed by atoms with Crippen LogP contribution in [0.5, 0.6) is 5.75 Å². The van der Waals surface area contributed by atoms with Gasteiger partial charge in [-0.15, -0.1) is 0 Å². The third-order valence-electron chi connectivity index (χ3n) is 6.36. The maximum Gasteiger partial charge on any atom is 0.294 e. The van der Waals surface area contributed by atoms with Crippen LogP contribution in [0, 0.1) is 13.8 Å². The highest BCUT2D eigenvalue weighted by Gasteiger charge is 2.45. The fourth-order valence-corrected chi connectivity index (χ4v) is 4.47. The zero-order valence-corrected chi connectivity index (χ0v) is 19.0. The molecule has 0 aliphatic carbocycles. The van der Waals surface area contributed by atoms with Crippen LogP contribution in [0.1, 0.15) is 33.3 Å². The summed E-state index contributed by atoms with van der Waals surface area (Å²) in [7, 11) is 1.52. The first-order valence-corrected chi connectivity index (χ1v) is 10.9. The van der Waals surface area contributed by atoms with E-state index in [0.717, 1.165) is 11.1 Å². The SMILES string of the molecule is COc1cccc2cc(C(=O)C3=C(O)C(=O)N(c4cccc(C)c4C)C3c3ccccc3)oc12. The molecule has 0 saturated carbocycles. The fourth-order valence-electron chi connectivity index (χ4n) is 4.47. The maximum atomic E-state index is 13.8. The van der Waals surface area contributed by atoms with Crippen LogP contribution in [0.25, 0.3) is 11.0 Å². The van der Waals surface area contributed by atoms with E-state index in [-0.39, 0.29) is 11.3 Å². The van der Waals surface area contributed by atoms with Gasteiger partial charge in [0.15, 0.2) is 22.9 Å². The number of fused-ring (bicyclic) bond motifs is 1. The molecule has 1 N–H and O–H groups in total. The summed E-state index contributed by atoms with van der Waals surface area (Å²) < 4.78 is 11.2. The number of aliphatic hydroxyl groups excluding tert-OH is 1. The standard InChI is InChI=1S/C28H23NO5/c1-16-9-7-13-20(17(16)2)29-24(18-10-5-4-6-11-18)23(26(31)28(29)32)25(30)22-15-19-12-8-14-21(33-3)27(19)34-22/h4-15,24,31H,1-3H3. The number of carbonyl (C=O) groups is 2. The average molecular weight is 453 g/mol. The van der Waals surface area contributed by atoms with E-state index in [9.17, 15) is 14.7 Å². The number of methoxy groups -OCH3 is 1. The number of nitrogens with zero attached hydrogens (tertiary/aromatic N) is 1. The number of hydrogen-bond donors (Lipinski definition) is 1. The summed E-state index contributed by atoms with van der Waals surface area (Å²) in [6.45, 7) is 3.88. The highest BCUT2D eigenvalue weighted by atomic mass is 16.5. The van der Waals surface area contributed by atoms with Gasteiger partial charge in [-0.2, -0.15) is 0 Å². The third-order valence-corrected chi connectivity index (χ3v) is 6.36. The van der Waals surface area contributed by atoms with Crippen LogP contribution in [0.3, 0.4) is 0 Å². The molecule has 34 heavy (non-hydrogen) atoms. The van der Waals surface area contributed by atoms with Crippen molar-refractivity contribution < 1.29 is 23.8 Å². The Labute approximate surface area is 196 Å². The number of rotatable bonds is 5. The molecule has 0 bridgehead atoms. The van der Waals surface area contributed by atoms with Gasteiger partial charge in [-0.05, 0) is 48.7 Å². The number of Topliss-reactive ketones (excluding diaryl/α,β-unsaturated/α-hetero) is 1. The van der Waals surface area contributed by atoms with E-state index < -0.39 is 23.5 Å². The van der Waals surface area contributed by atoms with Gasteiger partial charge >= 0.3 is 0 Å². The number of amides is 1. The molecule has 1 atom stereocenters. The van der Waals surface area contributed by atoms with Crippen LogP contribution in [-0.2, 0) is 4.79 Å². The summed E-state index contributed by atoms with van der Waals surface area (Å²) in [6.07, 6.45) is 0. The highest BCUT2D eigenvalue weighted by molar-refractivity contribution is 6.21. The maximum absolute atomic E-state index is 13.8. The fraction of sp³-hybridized carbons (Fsp3) is 0.143. The normalized spacial score (nSPS) is 15.9. The zero-order valence-electron chi connectivity index (χ0n) is 19.0. The van der Waals surface area contributed by atoms with E-state index in [1.165, 1.54) is 12.0 Å². The van der Waals surface area contributed by atoms with Gasteiger partial charge < -0.3 is 14.3 Å². The molecule has 0 fully saturated rings. The molecule has 0 spiro atoms. The molecular weight excluding hydrogens is 430 g/mol. The molecule has 0 radical (unpaired) electrons. The van der Waals surface area contributed by atoms with E-state index in [4.69, 9.17) is 9.15 Å². The lowest BCUT2D eigenvalue weighted by Gasteiger charge is -2.28. The number of benzene rings is 3. The first-order chi connectivity index (χ1) is 16.4. The van der Waals surface area contributed by atoms with Crippen molar-refractivity contribution in [1.29, 1.82) is 0 Å². The zero-order chi connectivity index (χ0) is 24.0. The van der Waals surface area contributed by atoms with Crippen molar-refractivity contribution >= 4 is 28.3 Å². The monoisotopic (exact) mass is 453 g/mol. The summed E-state index contributed by atoms with van der Waals surface area (Å²) in [5.74, 6) is -1.23. The Bertz CT molecular complexity index is 1460. The van der Waals surface area contributed by atoms with Crippen LogP contribution < -0.4 is 9.64 Å². The third kappa shape index (κ3) is 3.27. The predicted molar refractivity (Wildman–Crippen MR) is 129 cm³/mol. The van der Waals surface area contributed by atoms with Gasteiger partial charge in [-0.3, -0.25) is 14.5 Å². The summed E-state index contributed by atoms with van der Waals surface area (Å²) in [6, 6.07) is 21.0. The largest absolute Gasteiger partial charge is 0.503 e. The number of carbonyl (C=O) groups excluding carboxylic acids is 2. The average Bonchev–Trinajstić information content (AvgIpc) is 3.40. The minimum Gasteiger partial charge on any atom is -0.503 e. The van der Waals surface area contributed by atoms with Gasteiger partial charge in [0.25, 0.3) is 5.91 Å². The number of para-hydroxylation sites is 1. The molecule has 1 amide bonds. The molecule has 6 nitrogen and oxygen atoms in total. The molecule has 5 rings (SSSR count). The van der Waals surface area contributed by atoms with Crippen molar-refractivity contribution in [2.45, 2.75) is 19.9 Å². The Morgan fingerprint density at radius 2 is 1.74 bits per heavy atom. The summed E-state index contributed by atoms with van der Waals surface area (Å²) in [4.78, 5) is 28.6. The molecule has 6 heteroatoms. The topological polar surface area (TPSA) is 80.0 Å². The Morgan fingerprint density at radius 1 is 1.00 bits per heavy atom. The van der Waals surface area contributed by atoms with E-state index in [0.29, 0.717) is 28.0 Å². The minimum atomic E-state index is -0.809. The molecule has 1 aliphatic heterocycles. The van der Waals surface area contributed by atoms with Crippen LogP contribution >= 0.6 is 0 Å². The van der Waals surface area contributed by atoms with Gasteiger partial charge in [0.2, 0.25) is 5.78 Å². The Morgan fingerprint density at radius 3 is 2.47 bits per heavy atom. The number of anilines is 1. The first kappa shape index (κ1) is 21.5. The Balaban J connectivity index is 1.68. The van der Waals surface area contributed by atoms with Gasteiger partial charge in [-0.1, -0.05) is 54.6 Å². The van der Waals surface area contributed by atoms with Crippen molar-refractivity contribution in [2.75, 3.05) is 12.0 Å². The lowest BCUT2D eigenvalue weighted by atomic mass is 9.94. The van der Waals surface area contributed by atoms with Crippen molar-refractivity contribution in [3.63, 3.8) is 0 Å². The van der Waals surface area contributed by atoms with Gasteiger partial charge in [0.05, 0.1) is 18.7 Å². The minimum absolute atomic E-state index is 0.0184. The van der Waals surface area contributed by atoms with Crippen molar-refractivity contribution in [1.82, 2.24) is 0 Å². The molecule has 2 heterocycles. The molecule has 1 aliphatic rings. The van der Waals surface area contributed by atoms with Gasteiger partial charge in [0, 0.05) is 11.1 Å². The summed E-state index contributed by atoms with van der Waals surface area (Å²) >= 11 is 0. The number of aryl methyl sites for hydroxylation is 1. The van der Waals surface area contributed by atoms with Gasteiger partial charge in [-0.25, -0.2) is 0 Å². The van der Waals surface area contributed by atoms with Gasteiger partial charge in [0.1, 0.15) is 0 Å². The smallest absolute Gasteiger partial charge is 0.294 e. The lowest BCUT2D eigenvalue weighted by molar-refractivity contribution is -0.117. The second kappa shape index (κ2) is 8.23. The second-order valence-corrected chi connectivity index (χ2v) is 8.29. The van der Waals surface area contributed by atoms with Crippen LogP contribution in [0.15, 0.2) is 88.5 Å². The summed E-state index contributed by atoms with van der Waals surface area (Å²) in [5.41, 5.74) is 3.65. The molecule has 170 valence electrons. The van der Waals surface area contributed by atoms with Crippen molar-refractivity contribution in [3.8, 4) is 5.75 Å². The lowest BCUT2D eigenvalue weighted by Crippen LogP contribution is -2.31. The van der Waals surface area contributed by atoms with Crippen LogP contribution in [0.4, 0.5) is 5.69 Å². The van der Waals surface area contributed by atoms with Crippen molar-refractivity contribution in [2.24, 2.45) is 0 Å². The van der Waals surface area contributed by atoms with E-state index >= 15 is 0 Å². The number of hydrogen-bond acceptors (Lipinski definition) is 5. The van der Waals surface area contributed by atoms with Crippen LogP contribution in [-0.4, -0.2) is 23.9 Å². The highest BCUT2D eigenvalue weighted by Crippen LogP contribution is 2.43.